The number of phenols is 1. The van der Waals surface area contributed by atoms with E-state index in [1.54, 1.807) is 12.1 Å². The van der Waals surface area contributed by atoms with Gasteiger partial charge < -0.3 is 9.84 Å². The summed E-state index contributed by atoms with van der Waals surface area (Å²) in [5.41, 5.74) is 1.29. The lowest BCUT2D eigenvalue weighted by atomic mass is 10.1. The summed E-state index contributed by atoms with van der Waals surface area (Å²) in [6.45, 7) is 1.84. The van der Waals surface area contributed by atoms with E-state index in [1.807, 2.05) is 6.92 Å². The lowest BCUT2D eigenvalue weighted by Crippen LogP contribution is -2.34. The number of nitrogens with one attached hydrogen (secondary N) is 1. The van der Waals surface area contributed by atoms with E-state index >= 15 is 0 Å². The highest BCUT2D eigenvalue weighted by Gasteiger charge is 2.28. The number of phenolic OH excluding ortho intramolecular Hbond substituents is 1. The van der Waals surface area contributed by atoms with Gasteiger partial charge in [0.25, 0.3) is 0 Å². The molecule has 0 radical (unpaired) electrons. The van der Waals surface area contributed by atoms with E-state index in [2.05, 4.69) is 9.46 Å². The predicted molar refractivity (Wildman–Crippen MR) is 84.4 cm³/mol. The maximum absolute atomic E-state index is 12.4. The summed E-state index contributed by atoms with van der Waals surface area (Å²) in [4.78, 5) is 12.0. The molecule has 0 spiro atoms. The highest BCUT2D eigenvalue weighted by atomic mass is 32.2. The Hall–Kier alpha value is -2.38. The zero-order chi connectivity index (χ0) is 17.0. The third-order valence-corrected chi connectivity index (χ3v) is 4.71. The molecule has 7 heteroatoms. The molecular formula is C16H17NO5S. The Morgan fingerprint density at radius 2 is 1.65 bits per heavy atom. The second-order valence-corrected chi connectivity index (χ2v) is 6.70. The number of carbonyl (C=O) groups excluding carboxylic acids is 1. The van der Waals surface area contributed by atoms with E-state index in [1.165, 1.54) is 43.5 Å². The molecule has 6 nitrogen and oxygen atoms in total. The Balaban J connectivity index is 2.35. The molecule has 1 atom stereocenters. The minimum absolute atomic E-state index is 0.0127. The first kappa shape index (κ1) is 17.0. The minimum Gasteiger partial charge on any atom is -0.508 e. The van der Waals surface area contributed by atoms with Crippen LogP contribution in [0.5, 0.6) is 5.75 Å². The lowest BCUT2D eigenvalue weighted by molar-refractivity contribution is -0.142. The number of esters is 1. The molecule has 0 aliphatic rings. The molecule has 0 amide bonds. The van der Waals surface area contributed by atoms with Gasteiger partial charge in [-0.25, -0.2) is 13.2 Å². The van der Waals surface area contributed by atoms with E-state index in [4.69, 9.17) is 0 Å². The normalized spacial score (nSPS) is 12.6. The number of benzene rings is 2. The summed E-state index contributed by atoms with van der Waals surface area (Å²) in [6, 6.07) is 10.7. The van der Waals surface area contributed by atoms with E-state index in [0.717, 1.165) is 5.56 Å². The van der Waals surface area contributed by atoms with Gasteiger partial charge >= 0.3 is 5.97 Å². The number of aromatic hydroxyl groups is 1. The molecule has 0 saturated carbocycles. The Morgan fingerprint density at radius 1 is 1.09 bits per heavy atom. The fraction of sp³-hybridized carbons (Fsp3) is 0.188. The Labute approximate surface area is 134 Å². The molecule has 2 N–H and O–H groups in total. The van der Waals surface area contributed by atoms with Gasteiger partial charge in [0, 0.05) is 0 Å². The largest absolute Gasteiger partial charge is 0.508 e. The molecule has 23 heavy (non-hydrogen) atoms. The van der Waals surface area contributed by atoms with Crippen molar-refractivity contribution in [2.24, 2.45) is 0 Å². The van der Waals surface area contributed by atoms with Crippen molar-refractivity contribution in [1.82, 2.24) is 4.72 Å². The van der Waals surface area contributed by atoms with Crippen LogP contribution in [0.4, 0.5) is 0 Å². The summed E-state index contributed by atoms with van der Waals surface area (Å²) in [5, 5.41) is 9.32. The zero-order valence-electron chi connectivity index (χ0n) is 12.7. The third-order valence-electron chi connectivity index (χ3n) is 3.27. The van der Waals surface area contributed by atoms with Crippen LogP contribution in [0.1, 0.15) is 17.2 Å². The number of sulfonamides is 1. The van der Waals surface area contributed by atoms with Gasteiger partial charge in [-0.2, -0.15) is 4.72 Å². The Morgan fingerprint density at radius 3 is 2.17 bits per heavy atom. The monoisotopic (exact) mass is 335 g/mol. The summed E-state index contributed by atoms with van der Waals surface area (Å²) < 4.78 is 31.9. The topological polar surface area (TPSA) is 92.7 Å². The predicted octanol–water partition coefficient (Wildman–Crippen LogP) is 1.89. The van der Waals surface area contributed by atoms with Crippen molar-refractivity contribution >= 4 is 16.0 Å². The maximum atomic E-state index is 12.4. The van der Waals surface area contributed by atoms with E-state index in [0.29, 0.717) is 5.56 Å². The average Bonchev–Trinajstić information content (AvgIpc) is 2.53. The van der Waals surface area contributed by atoms with Crippen LogP contribution < -0.4 is 4.72 Å². The molecule has 0 fully saturated rings. The van der Waals surface area contributed by atoms with E-state index in [9.17, 15) is 18.3 Å². The Kier molecular flexibility index (Phi) is 5.02. The van der Waals surface area contributed by atoms with Crippen LogP contribution in [0.15, 0.2) is 53.4 Å². The molecule has 0 aliphatic heterocycles. The van der Waals surface area contributed by atoms with Gasteiger partial charge in [-0.15, -0.1) is 0 Å². The standard InChI is InChI=1S/C16H17NO5S/c1-11-3-9-14(10-4-11)23(20,21)17-15(16(19)22-2)12-5-7-13(18)8-6-12/h3-10,15,17-18H,1-2H3/t15-/m1/s1. The highest BCUT2D eigenvalue weighted by Crippen LogP contribution is 2.21. The van der Waals surface area contributed by atoms with E-state index < -0.39 is 22.0 Å². The van der Waals surface area contributed by atoms with Crippen molar-refractivity contribution in [3.05, 3.63) is 59.7 Å². The van der Waals surface area contributed by atoms with Crippen LogP contribution in [0.25, 0.3) is 0 Å². The molecule has 0 aliphatic carbocycles. The minimum atomic E-state index is -3.90. The molecule has 0 saturated heterocycles. The summed E-state index contributed by atoms with van der Waals surface area (Å²) in [7, 11) is -2.73. The molecule has 2 rings (SSSR count). The molecular weight excluding hydrogens is 318 g/mol. The van der Waals surface area contributed by atoms with Gasteiger partial charge in [-0.1, -0.05) is 29.8 Å². The molecule has 0 aromatic heterocycles. The Bertz CT molecular complexity index is 782. The van der Waals surface area contributed by atoms with Gasteiger partial charge in [0.1, 0.15) is 11.8 Å². The molecule has 2 aromatic rings. The average molecular weight is 335 g/mol. The second kappa shape index (κ2) is 6.80. The number of hydrogen-bond donors (Lipinski definition) is 2. The van der Waals surface area contributed by atoms with Crippen LogP contribution in [0.2, 0.25) is 0 Å². The van der Waals surface area contributed by atoms with Crippen molar-refractivity contribution in [3.8, 4) is 5.75 Å². The number of ether oxygens (including phenoxy) is 1. The SMILES string of the molecule is COC(=O)[C@H](NS(=O)(=O)c1ccc(C)cc1)c1ccc(O)cc1. The van der Waals surface area contributed by atoms with Crippen molar-refractivity contribution in [1.29, 1.82) is 0 Å². The van der Waals surface area contributed by atoms with Gasteiger partial charge in [-0.05, 0) is 36.8 Å². The first-order valence-electron chi connectivity index (χ1n) is 6.79. The number of methoxy groups -OCH3 is 1. The molecule has 0 heterocycles. The molecule has 2 aromatic carbocycles. The van der Waals surface area contributed by atoms with Crippen molar-refractivity contribution < 1.29 is 23.1 Å². The van der Waals surface area contributed by atoms with E-state index in [-0.39, 0.29) is 10.6 Å². The first-order valence-corrected chi connectivity index (χ1v) is 8.27. The van der Waals surface area contributed by atoms with Crippen LogP contribution >= 0.6 is 0 Å². The smallest absolute Gasteiger partial charge is 0.328 e. The summed E-state index contributed by atoms with van der Waals surface area (Å²) >= 11 is 0. The number of aryl methyl sites for hydroxylation is 1. The first-order chi connectivity index (χ1) is 10.8. The van der Waals surface area contributed by atoms with Crippen LogP contribution in [-0.2, 0) is 19.6 Å². The van der Waals surface area contributed by atoms with Crippen LogP contribution in [0.3, 0.4) is 0 Å². The van der Waals surface area contributed by atoms with Crippen LogP contribution in [0, 0.1) is 6.92 Å². The van der Waals surface area contributed by atoms with Gasteiger partial charge in [0.2, 0.25) is 10.0 Å². The number of carbonyl (C=O) groups is 1. The van der Waals surface area contributed by atoms with Gasteiger partial charge in [0.05, 0.1) is 12.0 Å². The van der Waals surface area contributed by atoms with Crippen molar-refractivity contribution in [2.45, 2.75) is 17.9 Å². The highest BCUT2D eigenvalue weighted by molar-refractivity contribution is 7.89. The molecule has 0 bridgehead atoms. The zero-order valence-corrected chi connectivity index (χ0v) is 13.5. The van der Waals surface area contributed by atoms with Crippen molar-refractivity contribution in [3.63, 3.8) is 0 Å². The fourth-order valence-corrected chi connectivity index (χ4v) is 3.15. The number of rotatable bonds is 5. The van der Waals surface area contributed by atoms with Crippen LogP contribution in [-0.4, -0.2) is 26.6 Å². The third kappa shape index (κ3) is 4.08. The lowest BCUT2D eigenvalue weighted by Gasteiger charge is -2.17. The quantitative estimate of drug-likeness (QED) is 0.814. The van der Waals surface area contributed by atoms with Gasteiger partial charge in [-0.3, -0.25) is 0 Å². The molecule has 122 valence electrons. The summed E-state index contributed by atoms with van der Waals surface area (Å²) in [5.74, 6) is -0.731. The summed E-state index contributed by atoms with van der Waals surface area (Å²) in [6.07, 6.45) is 0. The fourth-order valence-electron chi connectivity index (χ4n) is 1.98. The molecule has 0 unspecified atom stereocenters. The number of hydrogen-bond acceptors (Lipinski definition) is 5. The van der Waals surface area contributed by atoms with Crippen molar-refractivity contribution in [2.75, 3.05) is 7.11 Å². The maximum Gasteiger partial charge on any atom is 0.328 e. The second-order valence-electron chi connectivity index (χ2n) is 4.98. The van der Waals surface area contributed by atoms with Gasteiger partial charge in [0.15, 0.2) is 0 Å².